The molecule has 1 amide bonds. The molecule has 0 fully saturated rings. The molecule has 1 atom stereocenters. The number of halogens is 2. The SMILES string of the molecule is CC(C)CC(CN)NC(=O)COc1cc(Cl)ccc1Cl. The van der Waals surface area contributed by atoms with Crippen molar-refractivity contribution in [3.8, 4) is 5.75 Å². The summed E-state index contributed by atoms with van der Waals surface area (Å²) in [6, 6.07) is 4.81. The molecule has 6 heteroatoms. The highest BCUT2D eigenvalue weighted by molar-refractivity contribution is 6.34. The van der Waals surface area contributed by atoms with Gasteiger partial charge in [0.05, 0.1) is 5.02 Å². The molecule has 20 heavy (non-hydrogen) atoms. The van der Waals surface area contributed by atoms with E-state index in [4.69, 9.17) is 33.7 Å². The average Bonchev–Trinajstić information content (AvgIpc) is 2.38. The van der Waals surface area contributed by atoms with Gasteiger partial charge in [-0.1, -0.05) is 37.0 Å². The van der Waals surface area contributed by atoms with Gasteiger partial charge in [0, 0.05) is 23.7 Å². The molecule has 112 valence electrons. The molecule has 1 unspecified atom stereocenters. The summed E-state index contributed by atoms with van der Waals surface area (Å²) in [6.45, 7) is 4.45. The summed E-state index contributed by atoms with van der Waals surface area (Å²) < 4.78 is 5.36. The van der Waals surface area contributed by atoms with E-state index in [0.29, 0.717) is 28.3 Å². The molecule has 0 aliphatic heterocycles. The van der Waals surface area contributed by atoms with Crippen molar-refractivity contribution in [1.82, 2.24) is 5.32 Å². The lowest BCUT2D eigenvalue weighted by Crippen LogP contribution is -2.43. The van der Waals surface area contributed by atoms with Crippen molar-refractivity contribution in [2.75, 3.05) is 13.2 Å². The summed E-state index contributed by atoms with van der Waals surface area (Å²) in [5.74, 6) is 0.631. The molecule has 0 aliphatic carbocycles. The van der Waals surface area contributed by atoms with Gasteiger partial charge in [-0.2, -0.15) is 0 Å². The summed E-state index contributed by atoms with van der Waals surface area (Å²) >= 11 is 11.8. The largest absolute Gasteiger partial charge is 0.482 e. The summed E-state index contributed by atoms with van der Waals surface area (Å²) in [4.78, 5) is 11.8. The summed E-state index contributed by atoms with van der Waals surface area (Å²) in [6.07, 6.45) is 0.833. The van der Waals surface area contributed by atoms with Crippen LogP contribution in [0.15, 0.2) is 18.2 Å². The summed E-state index contributed by atoms with van der Waals surface area (Å²) in [5, 5.41) is 3.76. The molecule has 4 nitrogen and oxygen atoms in total. The van der Waals surface area contributed by atoms with Crippen LogP contribution in [0.2, 0.25) is 10.0 Å². The van der Waals surface area contributed by atoms with E-state index in [0.717, 1.165) is 6.42 Å². The molecule has 0 spiro atoms. The zero-order chi connectivity index (χ0) is 15.1. The lowest BCUT2D eigenvalue weighted by molar-refractivity contribution is -0.123. The second-order valence-corrected chi connectivity index (χ2v) is 5.84. The fraction of sp³-hybridized carbons (Fsp3) is 0.500. The molecular formula is C14H20Cl2N2O2. The Kier molecular flexibility index (Phi) is 7.13. The minimum Gasteiger partial charge on any atom is -0.482 e. The number of benzene rings is 1. The third-order valence-electron chi connectivity index (χ3n) is 2.66. The van der Waals surface area contributed by atoms with Gasteiger partial charge in [0.1, 0.15) is 5.75 Å². The lowest BCUT2D eigenvalue weighted by Gasteiger charge is -2.19. The van der Waals surface area contributed by atoms with E-state index in [9.17, 15) is 4.79 Å². The Hall–Kier alpha value is -0.970. The van der Waals surface area contributed by atoms with Crippen molar-refractivity contribution >= 4 is 29.1 Å². The number of rotatable bonds is 7. The van der Waals surface area contributed by atoms with E-state index >= 15 is 0 Å². The van der Waals surface area contributed by atoms with Gasteiger partial charge in [0.2, 0.25) is 0 Å². The van der Waals surface area contributed by atoms with Gasteiger partial charge in [-0.05, 0) is 24.5 Å². The molecule has 0 saturated heterocycles. The van der Waals surface area contributed by atoms with Crippen molar-refractivity contribution in [3.05, 3.63) is 28.2 Å². The zero-order valence-corrected chi connectivity index (χ0v) is 13.2. The number of amides is 1. The highest BCUT2D eigenvalue weighted by atomic mass is 35.5. The number of nitrogens with one attached hydrogen (secondary N) is 1. The molecule has 0 aliphatic rings. The normalized spacial score (nSPS) is 12.3. The first kappa shape index (κ1) is 17.1. The average molecular weight is 319 g/mol. The quantitative estimate of drug-likeness (QED) is 0.812. The first-order valence-corrected chi connectivity index (χ1v) is 7.25. The predicted molar refractivity (Wildman–Crippen MR) is 82.4 cm³/mol. The van der Waals surface area contributed by atoms with E-state index in [1.807, 2.05) is 0 Å². The molecule has 0 radical (unpaired) electrons. The fourth-order valence-electron chi connectivity index (χ4n) is 1.78. The third-order valence-corrected chi connectivity index (χ3v) is 3.20. The van der Waals surface area contributed by atoms with Crippen LogP contribution in [0.1, 0.15) is 20.3 Å². The second-order valence-electron chi connectivity index (χ2n) is 4.99. The van der Waals surface area contributed by atoms with E-state index in [2.05, 4.69) is 19.2 Å². The maximum atomic E-state index is 11.8. The van der Waals surface area contributed by atoms with Crippen LogP contribution in [0.4, 0.5) is 0 Å². The molecule has 1 aromatic carbocycles. The Bertz CT molecular complexity index is 453. The van der Waals surface area contributed by atoms with Crippen LogP contribution in [0, 0.1) is 5.92 Å². The Labute approximate surface area is 129 Å². The zero-order valence-electron chi connectivity index (χ0n) is 11.7. The highest BCUT2D eigenvalue weighted by Crippen LogP contribution is 2.27. The molecule has 0 saturated carbocycles. The maximum Gasteiger partial charge on any atom is 0.258 e. The Morgan fingerprint density at radius 2 is 2.10 bits per heavy atom. The lowest BCUT2D eigenvalue weighted by atomic mass is 10.0. The number of ether oxygens (including phenoxy) is 1. The van der Waals surface area contributed by atoms with Crippen LogP contribution in [0.5, 0.6) is 5.75 Å². The number of hydrogen-bond donors (Lipinski definition) is 2. The van der Waals surface area contributed by atoms with Crippen molar-refractivity contribution in [2.24, 2.45) is 11.7 Å². The molecule has 1 aromatic rings. The minimum atomic E-state index is -0.225. The summed E-state index contributed by atoms with van der Waals surface area (Å²) in [5.41, 5.74) is 5.63. The number of hydrogen-bond acceptors (Lipinski definition) is 3. The van der Waals surface area contributed by atoms with Gasteiger partial charge in [-0.25, -0.2) is 0 Å². The van der Waals surface area contributed by atoms with Gasteiger partial charge in [-0.15, -0.1) is 0 Å². The van der Waals surface area contributed by atoms with Crippen LogP contribution >= 0.6 is 23.2 Å². The van der Waals surface area contributed by atoms with Crippen molar-refractivity contribution < 1.29 is 9.53 Å². The standard InChI is InChI=1S/C14H20Cl2N2O2/c1-9(2)5-11(7-17)18-14(19)8-20-13-6-10(15)3-4-12(13)16/h3-4,6,9,11H,5,7-8,17H2,1-2H3,(H,18,19). The van der Waals surface area contributed by atoms with E-state index in [1.54, 1.807) is 18.2 Å². The Morgan fingerprint density at radius 1 is 1.40 bits per heavy atom. The van der Waals surface area contributed by atoms with Crippen LogP contribution in [-0.4, -0.2) is 25.1 Å². The number of carbonyl (C=O) groups is 1. The van der Waals surface area contributed by atoms with E-state index in [1.165, 1.54) is 0 Å². The van der Waals surface area contributed by atoms with Crippen molar-refractivity contribution in [3.63, 3.8) is 0 Å². The van der Waals surface area contributed by atoms with Gasteiger partial charge < -0.3 is 15.8 Å². The highest BCUT2D eigenvalue weighted by Gasteiger charge is 2.13. The van der Waals surface area contributed by atoms with Crippen LogP contribution in [0.3, 0.4) is 0 Å². The fourth-order valence-corrected chi connectivity index (χ4v) is 2.12. The maximum absolute atomic E-state index is 11.8. The number of carbonyl (C=O) groups excluding carboxylic acids is 1. The topological polar surface area (TPSA) is 64.3 Å². The molecular weight excluding hydrogens is 299 g/mol. The van der Waals surface area contributed by atoms with E-state index < -0.39 is 0 Å². The summed E-state index contributed by atoms with van der Waals surface area (Å²) in [7, 11) is 0. The molecule has 0 heterocycles. The second kappa shape index (κ2) is 8.35. The number of nitrogens with two attached hydrogens (primary N) is 1. The monoisotopic (exact) mass is 318 g/mol. The van der Waals surface area contributed by atoms with Gasteiger partial charge >= 0.3 is 0 Å². The molecule has 0 aromatic heterocycles. The molecule has 1 rings (SSSR count). The molecule has 3 N–H and O–H groups in total. The first-order valence-electron chi connectivity index (χ1n) is 6.49. The van der Waals surface area contributed by atoms with Crippen molar-refractivity contribution in [1.29, 1.82) is 0 Å². The molecule has 0 bridgehead atoms. The van der Waals surface area contributed by atoms with Crippen molar-refractivity contribution in [2.45, 2.75) is 26.3 Å². The first-order chi connectivity index (χ1) is 9.42. The Morgan fingerprint density at radius 3 is 2.70 bits per heavy atom. The predicted octanol–water partition coefficient (Wildman–Crippen LogP) is 2.86. The van der Waals surface area contributed by atoms with Crippen LogP contribution < -0.4 is 15.8 Å². The smallest absolute Gasteiger partial charge is 0.258 e. The van der Waals surface area contributed by atoms with Crippen LogP contribution in [-0.2, 0) is 4.79 Å². The minimum absolute atomic E-state index is 0.0408. The Balaban J connectivity index is 2.48. The van der Waals surface area contributed by atoms with Gasteiger partial charge in [0.25, 0.3) is 5.91 Å². The van der Waals surface area contributed by atoms with Gasteiger partial charge in [-0.3, -0.25) is 4.79 Å². The van der Waals surface area contributed by atoms with Gasteiger partial charge in [0.15, 0.2) is 6.61 Å². The van der Waals surface area contributed by atoms with E-state index in [-0.39, 0.29) is 18.6 Å². The van der Waals surface area contributed by atoms with Crippen LogP contribution in [0.25, 0.3) is 0 Å². The third kappa shape index (κ3) is 5.99.